The third-order valence-corrected chi connectivity index (χ3v) is 27.1. The lowest BCUT2D eigenvalue weighted by molar-refractivity contribution is -0.171. The largest absolute Gasteiger partial charge is 0.465 e. The lowest BCUT2D eigenvalue weighted by Gasteiger charge is -2.51. The van der Waals surface area contributed by atoms with E-state index in [0.717, 1.165) is 93.8 Å². The highest BCUT2D eigenvalue weighted by molar-refractivity contribution is 5.78. The number of esters is 8. The lowest BCUT2D eigenvalue weighted by Crippen LogP contribution is -2.47. The van der Waals surface area contributed by atoms with E-state index in [0.29, 0.717) is 37.1 Å². The Kier molecular flexibility index (Phi) is 64.3. The van der Waals surface area contributed by atoms with Crippen LogP contribution in [0.1, 0.15) is 546 Å². The van der Waals surface area contributed by atoms with Gasteiger partial charge in [-0.2, -0.15) is 0 Å². The van der Waals surface area contributed by atoms with Crippen LogP contribution in [0, 0.1) is 123 Å². The molecule has 7 rings (SSSR count). The van der Waals surface area contributed by atoms with Crippen molar-refractivity contribution in [2.24, 2.45) is 123 Å². The first kappa shape index (κ1) is 139. The van der Waals surface area contributed by atoms with Crippen LogP contribution in [-0.4, -0.2) is 98.1 Å². The van der Waals surface area contributed by atoms with Crippen LogP contribution in [0.25, 0.3) is 0 Å². The van der Waals surface area contributed by atoms with Crippen LogP contribution < -0.4 is 0 Å². The molecule has 7 aliphatic rings. The molecule has 0 unspecified atom stereocenters. The van der Waals surface area contributed by atoms with Gasteiger partial charge in [0.05, 0.1) is 63.1 Å². The molecule has 0 aromatic heterocycles. The molecule has 0 saturated heterocycles. The molecule has 7 aliphatic carbocycles. The van der Waals surface area contributed by atoms with Gasteiger partial charge in [0.1, 0.15) is 30.5 Å². The van der Waals surface area contributed by atoms with Gasteiger partial charge in [-0.05, 0) is 370 Å². The van der Waals surface area contributed by atoms with Gasteiger partial charge in [0.25, 0.3) is 0 Å². The molecule has 0 spiro atoms. The summed E-state index contributed by atoms with van der Waals surface area (Å²) in [6.45, 7) is 109. The Labute approximate surface area is 838 Å². The van der Waals surface area contributed by atoms with Crippen molar-refractivity contribution in [1.82, 2.24) is 0 Å². The maximum atomic E-state index is 11.9. The Hall–Kier alpha value is -4.24. The van der Waals surface area contributed by atoms with Crippen molar-refractivity contribution in [3.05, 3.63) is 0 Å². The van der Waals surface area contributed by atoms with Crippen LogP contribution >= 0.6 is 0 Å². The van der Waals surface area contributed by atoms with Crippen LogP contribution in [0.5, 0.6) is 0 Å². The van der Waals surface area contributed by atoms with Gasteiger partial charge < -0.3 is 37.9 Å². The summed E-state index contributed by atoms with van der Waals surface area (Å²) in [5.74, 6) is 4.71. The summed E-state index contributed by atoms with van der Waals surface area (Å²) in [7, 11) is 0. The number of hydrogen-bond acceptors (Lipinski definition) is 16. The fourth-order valence-corrected chi connectivity index (χ4v) is 14.6. The molecule has 7 fully saturated rings. The zero-order valence-corrected chi connectivity index (χ0v) is 99.6. The monoisotopic (exact) mass is 1920 g/mol. The lowest BCUT2D eigenvalue weighted by atomic mass is 9.55. The van der Waals surface area contributed by atoms with Crippen LogP contribution in [0.4, 0.5) is 0 Å². The smallest absolute Gasteiger partial charge is 0.311 e. The Bertz CT molecular complexity index is 3120. The molecule has 0 heterocycles. The predicted molar refractivity (Wildman–Crippen MR) is 572 cm³/mol. The quantitative estimate of drug-likeness (QED) is 0.124. The van der Waals surface area contributed by atoms with Crippen LogP contribution in [-0.2, 0) is 76.3 Å². The molecule has 0 atom stereocenters. The Morgan fingerprint density at radius 1 is 0.267 bits per heavy atom. The zero-order chi connectivity index (χ0) is 107. The average Bonchev–Trinajstić information content (AvgIpc) is 1.06. The van der Waals surface area contributed by atoms with E-state index in [2.05, 4.69) is 194 Å². The number of carbonyl (C=O) groups excluding carboxylic acids is 8. The van der Waals surface area contributed by atoms with E-state index < -0.39 is 10.8 Å². The van der Waals surface area contributed by atoms with E-state index in [9.17, 15) is 38.4 Å². The standard InChI is InChI=1S/2C16H30O2.C15H28O2.C13H24O2.C13H26O2.2C12H22O2.C10H18O2.4C3H8/c1-14(2,3)13(17)18-12-9-11(10-12)16(7,8)15(4,5)6;1-15(2,3)11-12-7-9-13(10-8-12)18-14(17)16(4,5)6;1-13(2,3)12(16)17-11-15(14(4,5)6)9-7-8-10-15;1-10-5-7-11(8-6-10)9-15-12(14)13(2,3)4;1-11(2,3)10(14)15-9-13(7,8)12(4,5)6;2*1-9-5-7-10(8-6-9)14-11(13)12(2,3)4;1-7-5-8(6-7)12-9(11)10(2,3)4;4*1-3-2/h11-12H,9-10H2,1-8H3;12-13H,7-11H2,1-6H3;7-11H2,1-6H3;10-11H,5-9H2,1-4H3;9H2,1-8H3;2*9-10H,5-8H2,1-4H3;7-8H,5-6H2,1-4H3;4*3H2,1-2H3. The SMILES string of the molecule is CC(C)(C)C(=O)OC1CC(C(C)(C)C(C)(C)C)C1.CC(C)(C)C(=O)OCC(C)(C)C(C)(C)C.CC(C)(C)C(=O)OCC1(C(C)(C)C)CCCC1.CC(C)(C)CC1CCC(OC(=O)C(C)(C)C)CC1.CC1CC(OC(=O)C(C)(C)C)C1.CC1CCC(COC(=O)C(C)(C)C)CC1.CC1CCC(OC(=O)C(C)(C)C)CC1.CC1CCC(OC(=O)C(C)(C)C)CC1.CCC.CCC.CCC.CCC. The first-order chi connectivity index (χ1) is 60.6. The van der Waals surface area contributed by atoms with Crippen molar-refractivity contribution in [3.63, 3.8) is 0 Å². The zero-order valence-electron chi connectivity index (χ0n) is 99.6. The first-order valence-electron chi connectivity index (χ1n) is 54.2. The average molecular weight is 1920 g/mol. The summed E-state index contributed by atoms with van der Waals surface area (Å²) < 4.78 is 43.6. The molecule has 0 amide bonds. The second-order valence-electron chi connectivity index (χ2n) is 55.7. The molecular formula is C119H232O16. The van der Waals surface area contributed by atoms with Gasteiger partial charge in [0.15, 0.2) is 0 Å². The van der Waals surface area contributed by atoms with Crippen LogP contribution in [0.15, 0.2) is 0 Å². The van der Waals surface area contributed by atoms with Gasteiger partial charge in [0.2, 0.25) is 0 Å². The summed E-state index contributed by atoms with van der Waals surface area (Å²) in [6.07, 6.45) is 34.7. The van der Waals surface area contributed by atoms with E-state index in [1.54, 1.807) is 0 Å². The predicted octanol–water partition coefficient (Wildman–Crippen LogP) is 34.6. The van der Waals surface area contributed by atoms with E-state index >= 15 is 0 Å². The molecule has 16 nitrogen and oxygen atoms in total. The van der Waals surface area contributed by atoms with E-state index in [4.69, 9.17) is 37.9 Å². The van der Waals surface area contributed by atoms with Crippen molar-refractivity contribution >= 4 is 47.8 Å². The number of rotatable bonds is 13. The highest BCUT2D eigenvalue weighted by Gasteiger charge is 2.49. The molecule has 0 bridgehead atoms. The molecule has 16 heteroatoms. The Balaban J connectivity index is -0.000000469. The van der Waals surface area contributed by atoms with Gasteiger partial charge in [-0.25, -0.2) is 0 Å². The van der Waals surface area contributed by atoms with Crippen molar-refractivity contribution in [3.8, 4) is 0 Å². The maximum absolute atomic E-state index is 11.9. The summed E-state index contributed by atoms with van der Waals surface area (Å²) in [5, 5.41) is 0. The number of carbonyl (C=O) groups is 8. The molecule has 0 aromatic rings. The van der Waals surface area contributed by atoms with E-state index in [1.807, 2.05) is 166 Å². The van der Waals surface area contributed by atoms with Gasteiger partial charge in [-0.15, -0.1) is 0 Å². The minimum atomic E-state index is -0.409. The second-order valence-corrected chi connectivity index (χ2v) is 55.7. The van der Waals surface area contributed by atoms with Crippen molar-refractivity contribution in [2.45, 2.75) is 577 Å². The van der Waals surface area contributed by atoms with Crippen molar-refractivity contribution in [1.29, 1.82) is 0 Å². The fourth-order valence-electron chi connectivity index (χ4n) is 14.6. The maximum Gasteiger partial charge on any atom is 0.311 e. The third-order valence-electron chi connectivity index (χ3n) is 27.1. The van der Waals surface area contributed by atoms with Gasteiger partial charge in [-0.1, -0.05) is 245 Å². The summed E-state index contributed by atoms with van der Waals surface area (Å²) in [6, 6.07) is 0. The molecule has 0 radical (unpaired) electrons. The van der Waals surface area contributed by atoms with Crippen LogP contribution in [0.2, 0.25) is 0 Å². The molecule has 7 saturated carbocycles. The highest BCUT2D eigenvalue weighted by atomic mass is 16.6. The topological polar surface area (TPSA) is 210 Å². The highest BCUT2D eigenvalue weighted by Crippen LogP contribution is 2.54. The molecule has 135 heavy (non-hydrogen) atoms. The Morgan fingerprint density at radius 3 is 0.748 bits per heavy atom. The summed E-state index contributed by atoms with van der Waals surface area (Å²) in [4.78, 5) is 93.2. The normalized spacial score (nSPS) is 23.1. The fraction of sp³-hybridized carbons (Fsp3) is 0.933. The van der Waals surface area contributed by atoms with Crippen molar-refractivity contribution < 1.29 is 76.3 Å². The van der Waals surface area contributed by atoms with E-state index in [1.165, 1.54) is 122 Å². The summed E-state index contributed by atoms with van der Waals surface area (Å²) in [5.41, 5.74) is -1.46. The Morgan fingerprint density at radius 2 is 0.504 bits per heavy atom. The molecule has 0 aromatic carbocycles. The van der Waals surface area contributed by atoms with Gasteiger partial charge in [0, 0.05) is 10.8 Å². The minimum absolute atomic E-state index is 0.00604. The molecule has 0 aliphatic heterocycles. The first-order valence-corrected chi connectivity index (χ1v) is 54.2. The minimum Gasteiger partial charge on any atom is -0.465 e. The van der Waals surface area contributed by atoms with Gasteiger partial charge in [-0.3, -0.25) is 38.4 Å². The molecule has 804 valence electrons. The van der Waals surface area contributed by atoms with Gasteiger partial charge >= 0.3 is 47.8 Å². The van der Waals surface area contributed by atoms with E-state index in [-0.39, 0.29) is 143 Å². The summed E-state index contributed by atoms with van der Waals surface area (Å²) >= 11 is 0. The number of ether oxygens (including phenoxy) is 8. The third kappa shape index (κ3) is 62.7. The molecular weight excluding hydrogens is 1690 g/mol. The molecule has 0 N–H and O–H groups in total. The second kappa shape index (κ2) is 62.3. The van der Waals surface area contributed by atoms with Crippen molar-refractivity contribution in [2.75, 3.05) is 19.8 Å². The number of hydrogen-bond donors (Lipinski definition) is 0. The van der Waals surface area contributed by atoms with Crippen LogP contribution in [0.3, 0.4) is 0 Å².